The van der Waals surface area contributed by atoms with Gasteiger partial charge in [0.05, 0.1) is 17.6 Å². The van der Waals surface area contributed by atoms with Gasteiger partial charge in [0.2, 0.25) is 5.69 Å². The Labute approximate surface area is 253 Å². The first kappa shape index (κ1) is 29.7. The molecule has 0 saturated heterocycles. The number of carboxylic acids is 1. The molecule has 5 rings (SSSR count). The number of fused-ring (bicyclic) bond motifs is 2. The molecule has 2 aliphatic heterocycles. The van der Waals surface area contributed by atoms with E-state index >= 15 is 0 Å². The Morgan fingerprint density at radius 2 is 1.60 bits per heavy atom. The third kappa shape index (κ3) is 4.89. The Hall–Kier alpha value is -4.75. The molecule has 43 heavy (non-hydrogen) atoms. The first-order valence-corrected chi connectivity index (χ1v) is 14.8. The van der Waals surface area contributed by atoms with Crippen molar-refractivity contribution < 1.29 is 19.3 Å². The van der Waals surface area contributed by atoms with Crippen LogP contribution < -0.4 is 4.90 Å². The van der Waals surface area contributed by atoms with Crippen molar-refractivity contribution in [2.24, 2.45) is 5.92 Å². The van der Waals surface area contributed by atoms with E-state index in [1.807, 2.05) is 43.5 Å². The zero-order chi connectivity index (χ0) is 31.1. The third-order valence-electron chi connectivity index (χ3n) is 9.19. The van der Waals surface area contributed by atoms with Crippen molar-refractivity contribution in [2.45, 2.75) is 64.2 Å². The Morgan fingerprint density at radius 3 is 2.26 bits per heavy atom. The van der Waals surface area contributed by atoms with E-state index in [2.05, 4.69) is 73.6 Å². The first-order valence-electron chi connectivity index (χ1n) is 14.8. The van der Waals surface area contributed by atoms with Gasteiger partial charge in [0.25, 0.3) is 0 Å². The van der Waals surface area contributed by atoms with Gasteiger partial charge in [0.1, 0.15) is 7.05 Å². The van der Waals surface area contributed by atoms with Gasteiger partial charge in [0, 0.05) is 64.2 Å². The van der Waals surface area contributed by atoms with Gasteiger partial charge in [-0.3, -0.25) is 9.59 Å². The van der Waals surface area contributed by atoms with Crippen molar-refractivity contribution in [3.05, 3.63) is 94.2 Å². The Morgan fingerprint density at radius 1 is 0.953 bits per heavy atom. The summed E-state index contributed by atoms with van der Waals surface area (Å²) in [5.41, 5.74) is 6.80. The largest absolute Gasteiger partial charge is 0.481 e. The molecule has 2 heterocycles. The molecule has 7 heteroatoms. The molecule has 218 valence electrons. The zero-order valence-corrected chi connectivity index (χ0v) is 25.4. The molecule has 0 fully saturated rings. The molecule has 1 N–H and O–H groups in total. The predicted molar refractivity (Wildman–Crippen MR) is 166 cm³/mol. The second-order valence-corrected chi connectivity index (χ2v) is 12.5. The molecule has 2 aromatic carbocycles. The molecule has 0 saturated carbocycles. The molecule has 3 aliphatic rings. The maximum atomic E-state index is 13.9. The quantitative estimate of drug-likeness (QED) is 0.209. The van der Waals surface area contributed by atoms with E-state index in [4.69, 9.17) is 5.11 Å². The second kappa shape index (κ2) is 11.2. The summed E-state index contributed by atoms with van der Waals surface area (Å²) in [7, 11) is 1.98. The van der Waals surface area contributed by atoms with Crippen molar-refractivity contribution >= 4 is 28.8 Å². The lowest BCUT2D eigenvalue weighted by atomic mass is 9.71. The monoisotopic (exact) mass is 573 g/mol. The minimum Gasteiger partial charge on any atom is -0.481 e. The molecule has 0 amide bonds. The number of allylic oxidation sites excluding steroid dienone is 6. The van der Waals surface area contributed by atoms with Crippen LogP contribution in [0.5, 0.6) is 0 Å². The number of aliphatic carboxylic acids is 1. The summed E-state index contributed by atoms with van der Waals surface area (Å²) in [4.78, 5) is 27.1. The number of carbonyl (C=O) groups excluding carboxylic acids is 1. The molecule has 2 aromatic rings. The number of nitriles is 2. The van der Waals surface area contributed by atoms with Crippen LogP contribution in [0.4, 0.5) is 11.4 Å². The average molecular weight is 574 g/mol. The molecule has 0 aromatic heterocycles. The Balaban J connectivity index is 1.59. The summed E-state index contributed by atoms with van der Waals surface area (Å²) in [5, 5.41) is 29.0. The lowest BCUT2D eigenvalue weighted by Crippen LogP contribution is -2.33. The van der Waals surface area contributed by atoms with Crippen molar-refractivity contribution in [2.75, 3.05) is 18.5 Å². The normalized spacial score (nSPS) is 19.9. The van der Waals surface area contributed by atoms with Gasteiger partial charge in [-0.25, -0.2) is 0 Å². The van der Waals surface area contributed by atoms with Crippen LogP contribution in [-0.2, 0) is 20.4 Å². The number of hydrogen-bond acceptors (Lipinski definition) is 5. The van der Waals surface area contributed by atoms with Gasteiger partial charge in [-0.05, 0) is 44.4 Å². The van der Waals surface area contributed by atoms with Gasteiger partial charge in [-0.15, -0.1) is 0 Å². The van der Waals surface area contributed by atoms with Crippen LogP contribution >= 0.6 is 0 Å². The summed E-state index contributed by atoms with van der Waals surface area (Å²) in [6, 6.07) is 20.5. The number of benzene rings is 2. The number of nitrogens with zero attached hydrogens (tertiary/aromatic N) is 4. The smallest absolute Gasteiger partial charge is 0.303 e. The minimum absolute atomic E-state index is 0.143. The number of anilines is 1. The van der Waals surface area contributed by atoms with E-state index in [0.717, 1.165) is 46.8 Å². The van der Waals surface area contributed by atoms with E-state index in [-0.39, 0.29) is 17.6 Å². The van der Waals surface area contributed by atoms with Gasteiger partial charge < -0.3 is 10.0 Å². The van der Waals surface area contributed by atoms with Crippen molar-refractivity contribution in [1.29, 1.82) is 10.5 Å². The van der Waals surface area contributed by atoms with Gasteiger partial charge in [-0.1, -0.05) is 56.7 Å². The summed E-state index contributed by atoms with van der Waals surface area (Å²) in [6.45, 7) is 9.15. The van der Waals surface area contributed by atoms with Crippen LogP contribution in [0.1, 0.15) is 64.5 Å². The number of carbonyl (C=O) groups is 2. The number of carboxylic acid groups (broad SMARTS) is 1. The molecule has 0 spiro atoms. The maximum absolute atomic E-state index is 13.9. The number of unbranched alkanes of at least 4 members (excludes halogenated alkanes) is 2. The van der Waals surface area contributed by atoms with Gasteiger partial charge in [-0.2, -0.15) is 15.1 Å². The molecule has 1 aliphatic carbocycles. The zero-order valence-electron chi connectivity index (χ0n) is 25.4. The van der Waals surface area contributed by atoms with Crippen LogP contribution in [0.2, 0.25) is 0 Å². The number of para-hydroxylation sites is 2. The second-order valence-electron chi connectivity index (χ2n) is 12.5. The molecule has 0 radical (unpaired) electrons. The predicted octanol–water partition coefficient (Wildman–Crippen LogP) is 6.49. The highest BCUT2D eigenvalue weighted by Gasteiger charge is 2.47. The molecular formula is C36H37N4O3+. The average Bonchev–Trinajstić information content (AvgIpc) is 3.31. The number of ketones is 1. The van der Waals surface area contributed by atoms with Crippen LogP contribution in [0.3, 0.4) is 0 Å². The van der Waals surface area contributed by atoms with Crippen LogP contribution in [0, 0.1) is 28.6 Å². The highest BCUT2D eigenvalue weighted by atomic mass is 16.4. The maximum Gasteiger partial charge on any atom is 0.303 e. The number of hydrogen-bond donors (Lipinski definition) is 1. The summed E-state index contributed by atoms with van der Waals surface area (Å²) >= 11 is 0. The van der Waals surface area contributed by atoms with E-state index < -0.39 is 17.3 Å². The van der Waals surface area contributed by atoms with Crippen molar-refractivity contribution in [3.63, 3.8) is 0 Å². The minimum atomic E-state index is -1.08. The van der Waals surface area contributed by atoms with Gasteiger partial charge in [0.15, 0.2) is 17.4 Å². The van der Waals surface area contributed by atoms with Crippen LogP contribution in [0.25, 0.3) is 0 Å². The third-order valence-corrected chi connectivity index (χ3v) is 9.19. The summed E-state index contributed by atoms with van der Waals surface area (Å²) < 4.78 is 2.08. The van der Waals surface area contributed by atoms with Crippen LogP contribution in [-0.4, -0.2) is 40.7 Å². The molecule has 0 bridgehead atoms. The van der Waals surface area contributed by atoms with E-state index in [0.29, 0.717) is 29.7 Å². The molecule has 7 nitrogen and oxygen atoms in total. The fourth-order valence-corrected chi connectivity index (χ4v) is 6.83. The first-order chi connectivity index (χ1) is 20.4. The van der Waals surface area contributed by atoms with Crippen LogP contribution in [0.15, 0.2) is 83.1 Å². The standard InChI is InChI=1S/C36H36N4O3/c1-35(2)26-13-8-10-15-28(26)39(5)30(35)19-24-33(23(21-37)22-38)25(34(24)43)20-31-36(3,4)27-14-9-11-16-29(27)40(31)18-12-6-7-17-32(41)42/h8-11,13-16,19-20,23H,6-7,12,17-18H2,1-5H3/p+1. The van der Waals surface area contributed by atoms with Gasteiger partial charge >= 0.3 is 5.97 Å². The Kier molecular flexibility index (Phi) is 7.71. The highest BCUT2D eigenvalue weighted by Crippen LogP contribution is 2.50. The van der Waals surface area contributed by atoms with E-state index in [9.17, 15) is 20.1 Å². The highest BCUT2D eigenvalue weighted by molar-refractivity contribution is 6.25. The van der Waals surface area contributed by atoms with Crippen molar-refractivity contribution in [1.82, 2.24) is 0 Å². The molecule has 0 unspecified atom stereocenters. The van der Waals surface area contributed by atoms with E-state index in [1.54, 1.807) is 0 Å². The topological polar surface area (TPSA) is 108 Å². The molecular weight excluding hydrogens is 536 g/mol. The fourth-order valence-electron chi connectivity index (χ4n) is 6.83. The van der Waals surface area contributed by atoms with E-state index in [1.165, 1.54) is 0 Å². The SMILES string of the molecule is C[N+]1=C(C=C2C(=O)C(C=C3N(CCCCCC(=O)O)c4ccccc4C3(C)C)=C2C(C#N)C#N)C(C)(C)c2ccccc21. The fraction of sp³-hybridized carbons (Fsp3) is 0.361. The lowest BCUT2D eigenvalue weighted by molar-refractivity contribution is -0.401. The lowest BCUT2D eigenvalue weighted by Gasteiger charge is -2.31. The number of rotatable bonds is 9. The summed E-state index contributed by atoms with van der Waals surface area (Å²) in [6.07, 6.45) is 6.07. The van der Waals surface area contributed by atoms with Crippen molar-refractivity contribution in [3.8, 4) is 12.1 Å². The summed E-state index contributed by atoms with van der Waals surface area (Å²) in [5.74, 6) is -2.04. The number of Topliss-reactive ketones (excluding diaryl/α,β-unsaturated/α-hetero) is 1. The Bertz CT molecular complexity index is 1730. The molecule has 0 atom stereocenters.